The number of aromatic hydroxyl groups is 1. The lowest BCUT2D eigenvalue weighted by Gasteiger charge is -2.34. The number of phenols is 1. The molecule has 0 bridgehead atoms. The van der Waals surface area contributed by atoms with E-state index in [1.54, 1.807) is 44.2 Å². The summed E-state index contributed by atoms with van der Waals surface area (Å²) in [5, 5.41) is 9.22. The molecule has 1 aromatic carbocycles. The van der Waals surface area contributed by atoms with Crippen LogP contribution in [-0.2, 0) is 19.1 Å². The molecule has 0 aliphatic rings. The highest BCUT2D eigenvalue weighted by atomic mass is 16.6. The van der Waals surface area contributed by atoms with E-state index in [0.717, 1.165) is 5.56 Å². The Bertz CT molecular complexity index is 646. The number of quaternary nitrogens is 1. The summed E-state index contributed by atoms with van der Waals surface area (Å²) in [6, 6.07) is 6.47. The fraction of sp³-hybridized carbons (Fsp3) is 0.368. The van der Waals surface area contributed by atoms with Crippen LogP contribution in [0.4, 0.5) is 0 Å². The Morgan fingerprint density at radius 2 is 1.88 bits per heavy atom. The zero-order valence-electron chi connectivity index (χ0n) is 15.2. The Morgan fingerprint density at radius 3 is 2.44 bits per heavy atom. The van der Waals surface area contributed by atoms with Crippen molar-refractivity contribution < 1.29 is 28.7 Å². The average molecular weight is 348 g/mol. The van der Waals surface area contributed by atoms with Gasteiger partial charge in [0.25, 0.3) is 0 Å². The number of likely N-dealkylation sites (N-methyl/N-ethyl adjacent to an activating group) is 1. The summed E-state index contributed by atoms with van der Waals surface area (Å²) >= 11 is 0. The molecule has 0 saturated heterocycles. The van der Waals surface area contributed by atoms with Crippen molar-refractivity contribution in [2.75, 3.05) is 27.2 Å². The molecule has 0 fully saturated rings. The van der Waals surface area contributed by atoms with Gasteiger partial charge in [-0.2, -0.15) is 0 Å². The monoisotopic (exact) mass is 348 g/mol. The standard InChI is InChI=1S/C19H25NO5/c1-14(2)19(23)24-13-12-20(4,5)15(3)25-18(22)11-8-16-6-9-17(21)10-7-16/h6-11,15H,1,12-13H2,2-5H3/p+1. The van der Waals surface area contributed by atoms with Crippen LogP contribution in [0.1, 0.15) is 19.4 Å². The molecule has 0 radical (unpaired) electrons. The van der Waals surface area contributed by atoms with E-state index >= 15 is 0 Å². The van der Waals surface area contributed by atoms with Crippen LogP contribution in [0.3, 0.4) is 0 Å². The van der Waals surface area contributed by atoms with Gasteiger partial charge in [0.2, 0.25) is 6.23 Å². The maximum absolute atomic E-state index is 11.9. The minimum atomic E-state index is -0.467. The van der Waals surface area contributed by atoms with Crippen molar-refractivity contribution in [1.29, 1.82) is 0 Å². The van der Waals surface area contributed by atoms with E-state index in [2.05, 4.69) is 6.58 Å². The van der Waals surface area contributed by atoms with Gasteiger partial charge in [-0.15, -0.1) is 0 Å². The highest BCUT2D eigenvalue weighted by Crippen LogP contribution is 2.12. The molecule has 1 atom stereocenters. The first-order chi connectivity index (χ1) is 11.6. The van der Waals surface area contributed by atoms with Crippen LogP contribution in [0.5, 0.6) is 5.75 Å². The Labute approximate surface area is 148 Å². The topological polar surface area (TPSA) is 72.8 Å². The number of hydrogen-bond donors (Lipinski definition) is 1. The molecule has 1 rings (SSSR count). The predicted molar refractivity (Wildman–Crippen MR) is 95.4 cm³/mol. The van der Waals surface area contributed by atoms with Crippen molar-refractivity contribution in [3.8, 4) is 5.75 Å². The Hall–Kier alpha value is -2.60. The summed E-state index contributed by atoms with van der Waals surface area (Å²) in [5.74, 6) is -0.730. The predicted octanol–water partition coefficient (Wildman–Crippen LogP) is 2.49. The smallest absolute Gasteiger partial charge is 0.335 e. The van der Waals surface area contributed by atoms with Crippen LogP contribution < -0.4 is 0 Å². The fourth-order valence-corrected chi connectivity index (χ4v) is 1.78. The number of rotatable bonds is 8. The third kappa shape index (κ3) is 7.22. The minimum absolute atomic E-state index is 0.166. The Kier molecular flexibility index (Phi) is 7.39. The quantitative estimate of drug-likeness (QED) is 0.338. The van der Waals surface area contributed by atoms with E-state index in [1.807, 2.05) is 14.1 Å². The largest absolute Gasteiger partial charge is 0.508 e. The summed E-state index contributed by atoms with van der Waals surface area (Å²) < 4.78 is 10.8. The second kappa shape index (κ2) is 9.03. The lowest BCUT2D eigenvalue weighted by molar-refractivity contribution is -0.932. The summed E-state index contributed by atoms with van der Waals surface area (Å²) in [4.78, 5) is 23.3. The number of esters is 2. The lowest BCUT2D eigenvalue weighted by atomic mass is 10.2. The van der Waals surface area contributed by atoms with Gasteiger partial charge in [0.05, 0.1) is 14.1 Å². The van der Waals surface area contributed by atoms with Gasteiger partial charge in [0.1, 0.15) is 18.9 Å². The fourth-order valence-electron chi connectivity index (χ4n) is 1.78. The summed E-state index contributed by atoms with van der Waals surface area (Å²) in [6.45, 7) is 7.61. The normalized spacial score (nSPS) is 12.6. The van der Waals surface area contributed by atoms with Gasteiger partial charge in [0, 0.05) is 18.6 Å². The molecule has 1 aromatic rings. The van der Waals surface area contributed by atoms with E-state index in [0.29, 0.717) is 16.6 Å². The second-order valence-electron chi connectivity index (χ2n) is 6.38. The maximum Gasteiger partial charge on any atom is 0.335 e. The van der Waals surface area contributed by atoms with E-state index in [-0.39, 0.29) is 12.4 Å². The van der Waals surface area contributed by atoms with Crippen molar-refractivity contribution >= 4 is 18.0 Å². The first-order valence-electron chi connectivity index (χ1n) is 7.95. The van der Waals surface area contributed by atoms with Gasteiger partial charge >= 0.3 is 11.9 Å². The first-order valence-corrected chi connectivity index (χ1v) is 7.95. The first kappa shape index (κ1) is 20.4. The van der Waals surface area contributed by atoms with Crippen molar-refractivity contribution in [2.24, 2.45) is 0 Å². The molecule has 0 aliphatic heterocycles. The Balaban J connectivity index is 2.50. The molecule has 0 amide bonds. The third-order valence-electron chi connectivity index (χ3n) is 3.83. The van der Waals surface area contributed by atoms with Crippen LogP contribution in [0.25, 0.3) is 6.08 Å². The van der Waals surface area contributed by atoms with Crippen molar-refractivity contribution in [3.05, 3.63) is 48.1 Å². The zero-order valence-corrected chi connectivity index (χ0v) is 15.2. The number of ether oxygens (including phenoxy) is 2. The van der Waals surface area contributed by atoms with Crippen molar-refractivity contribution in [3.63, 3.8) is 0 Å². The minimum Gasteiger partial charge on any atom is -0.508 e. The molecule has 0 aromatic heterocycles. The van der Waals surface area contributed by atoms with Gasteiger partial charge in [0.15, 0.2) is 0 Å². The van der Waals surface area contributed by atoms with Crippen molar-refractivity contribution in [1.82, 2.24) is 0 Å². The van der Waals surface area contributed by atoms with E-state index in [9.17, 15) is 14.7 Å². The highest BCUT2D eigenvalue weighted by molar-refractivity contribution is 5.87. The molecule has 136 valence electrons. The van der Waals surface area contributed by atoms with Crippen molar-refractivity contribution in [2.45, 2.75) is 20.1 Å². The highest BCUT2D eigenvalue weighted by Gasteiger charge is 2.27. The molecule has 0 aliphatic carbocycles. The summed E-state index contributed by atoms with van der Waals surface area (Å²) in [7, 11) is 3.77. The van der Waals surface area contributed by atoms with Crippen LogP contribution in [-0.4, -0.2) is 55.0 Å². The third-order valence-corrected chi connectivity index (χ3v) is 3.83. The van der Waals surface area contributed by atoms with Crippen LogP contribution in [0.15, 0.2) is 42.5 Å². The molecule has 6 nitrogen and oxygen atoms in total. The number of carbonyl (C=O) groups excluding carboxylic acids is 2. The van der Waals surface area contributed by atoms with E-state index in [4.69, 9.17) is 9.47 Å². The number of phenolic OH excluding ortho intramolecular Hbond substituents is 1. The van der Waals surface area contributed by atoms with Gasteiger partial charge in [-0.3, -0.25) is 4.48 Å². The number of nitrogens with zero attached hydrogens (tertiary/aromatic N) is 1. The number of hydrogen-bond acceptors (Lipinski definition) is 5. The van der Waals surface area contributed by atoms with Gasteiger partial charge in [-0.1, -0.05) is 18.7 Å². The van der Waals surface area contributed by atoms with E-state index in [1.165, 1.54) is 6.08 Å². The van der Waals surface area contributed by atoms with Crippen LogP contribution >= 0.6 is 0 Å². The molecular formula is C19H26NO5+. The number of benzene rings is 1. The maximum atomic E-state index is 11.9. The van der Waals surface area contributed by atoms with Gasteiger partial charge in [-0.25, -0.2) is 9.59 Å². The molecule has 25 heavy (non-hydrogen) atoms. The average Bonchev–Trinajstić information content (AvgIpc) is 2.53. The van der Waals surface area contributed by atoms with Crippen LogP contribution in [0, 0.1) is 0 Å². The molecule has 0 spiro atoms. The van der Waals surface area contributed by atoms with E-state index < -0.39 is 18.2 Å². The zero-order chi connectivity index (χ0) is 19.0. The molecular weight excluding hydrogens is 322 g/mol. The van der Waals surface area contributed by atoms with Gasteiger partial charge < -0.3 is 14.6 Å². The van der Waals surface area contributed by atoms with Gasteiger partial charge in [-0.05, 0) is 30.7 Å². The second-order valence-corrected chi connectivity index (χ2v) is 6.38. The Morgan fingerprint density at radius 1 is 1.28 bits per heavy atom. The summed E-state index contributed by atoms with van der Waals surface area (Å²) in [5.41, 5.74) is 1.13. The molecule has 6 heteroatoms. The molecule has 0 heterocycles. The SMILES string of the molecule is C=C(C)C(=O)OCC[N+](C)(C)C(C)OC(=O)/C=C/c1ccc(O)cc1. The molecule has 0 saturated carbocycles. The molecule has 1 N–H and O–H groups in total. The number of carbonyl (C=O) groups is 2. The lowest BCUT2D eigenvalue weighted by Crippen LogP contribution is -2.51. The summed E-state index contributed by atoms with van der Waals surface area (Å²) in [6.07, 6.45) is 2.54. The van der Waals surface area contributed by atoms with Crippen LogP contribution in [0.2, 0.25) is 0 Å². The molecule has 1 unspecified atom stereocenters.